The van der Waals surface area contributed by atoms with E-state index < -0.39 is 18.0 Å². The lowest BCUT2D eigenvalue weighted by Crippen LogP contribution is -2.27. The Morgan fingerprint density at radius 3 is 2.45 bits per heavy atom. The highest BCUT2D eigenvalue weighted by atomic mass is 16.6. The van der Waals surface area contributed by atoms with Gasteiger partial charge in [0.25, 0.3) is 0 Å². The normalized spacial score (nSPS) is 11.6. The molecule has 0 aliphatic heterocycles. The van der Waals surface area contributed by atoms with Gasteiger partial charge in [0.1, 0.15) is 11.3 Å². The van der Waals surface area contributed by atoms with E-state index in [1.807, 2.05) is 0 Å². The lowest BCUT2D eigenvalue weighted by molar-refractivity contribution is -0.150. The van der Waals surface area contributed by atoms with Gasteiger partial charge in [-0.3, -0.25) is 0 Å². The van der Waals surface area contributed by atoms with E-state index in [9.17, 15) is 9.59 Å². The summed E-state index contributed by atoms with van der Waals surface area (Å²) in [6.45, 7) is 5.45. The van der Waals surface area contributed by atoms with Crippen molar-refractivity contribution in [3.8, 4) is 5.75 Å². The zero-order valence-electron chi connectivity index (χ0n) is 11.8. The molecule has 0 heterocycles. The number of anilines is 1. The standard InChI is InChI=1S/C14H19NO5/c1-4-18-13(16)9(3)20-12-8-10(15)6-7-11(12)14(17)19-5-2/h6-9H,4-5,15H2,1-3H3. The van der Waals surface area contributed by atoms with Crippen molar-refractivity contribution in [1.29, 1.82) is 0 Å². The zero-order chi connectivity index (χ0) is 15.1. The summed E-state index contributed by atoms with van der Waals surface area (Å²) in [7, 11) is 0. The molecule has 0 aliphatic rings. The van der Waals surface area contributed by atoms with Gasteiger partial charge < -0.3 is 19.9 Å². The quantitative estimate of drug-likeness (QED) is 0.631. The Bertz CT molecular complexity index is 486. The van der Waals surface area contributed by atoms with Crippen LogP contribution in [0.5, 0.6) is 5.75 Å². The van der Waals surface area contributed by atoms with Crippen LogP contribution in [0.25, 0.3) is 0 Å². The average molecular weight is 281 g/mol. The summed E-state index contributed by atoms with van der Waals surface area (Å²) in [5.74, 6) is -0.840. The predicted octanol–water partition coefficient (Wildman–Crippen LogP) is 1.78. The summed E-state index contributed by atoms with van der Waals surface area (Å²) in [5.41, 5.74) is 6.30. The van der Waals surface area contributed by atoms with Gasteiger partial charge in [0.05, 0.1) is 13.2 Å². The predicted molar refractivity (Wildman–Crippen MR) is 73.5 cm³/mol. The Labute approximate surface area is 117 Å². The molecule has 1 atom stereocenters. The molecule has 0 spiro atoms. The van der Waals surface area contributed by atoms with Gasteiger partial charge in [-0.25, -0.2) is 9.59 Å². The van der Waals surface area contributed by atoms with Gasteiger partial charge >= 0.3 is 11.9 Å². The van der Waals surface area contributed by atoms with Gasteiger partial charge in [0.15, 0.2) is 6.10 Å². The van der Waals surface area contributed by atoms with Crippen molar-refractivity contribution in [2.75, 3.05) is 18.9 Å². The molecule has 6 nitrogen and oxygen atoms in total. The molecule has 0 amide bonds. The summed E-state index contributed by atoms with van der Waals surface area (Å²) in [4.78, 5) is 23.3. The van der Waals surface area contributed by atoms with Crippen LogP contribution in [0.15, 0.2) is 18.2 Å². The summed E-state index contributed by atoms with van der Waals surface area (Å²) in [5, 5.41) is 0. The van der Waals surface area contributed by atoms with E-state index in [0.717, 1.165) is 0 Å². The number of hydrogen-bond donors (Lipinski definition) is 1. The van der Waals surface area contributed by atoms with Crippen molar-refractivity contribution in [2.45, 2.75) is 26.9 Å². The molecule has 1 aromatic rings. The third-order valence-corrected chi connectivity index (χ3v) is 2.42. The number of ether oxygens (including phenoxy) is 3. The molecule has 1 aromatic carbocycles. The molecule has 1 rings (SSSR count). The Balaban J connectivity index is 2.95. The van der Waals surface area contributed by atoms with Gasteiger partial charge in [-0.05, 0) is 32.9 Å². The molecule has 0 saturated carbocycles. The average Bonchev–Trinajstić information content (AvgIpc) is 2.39. The second-order valence-corrected chi connectivity index (χ2v) is 3.99. The summed E-state index contributed by atoms with van der Waals surface area (Å²) in [6, 6.07) is 4.54. The third kappa shape index (κ3) is 4.15. The fourth-order valence-electron chi connectivity index (χ4n) is 1.51. The maximum absolute atomic E-state index is 11.8. The number of hydrogen-bond acceptors (Lipinski definition) is 6. The monoisotopic (exact) mass is 281 g/mol. The molecule has 0 saturated heterocycles. The number of nitrogen functional groups attached to an aromatic ring is 1. The van der Waals surface area contributed by atoms with Crippen molar-refractivity contribution in [2.24, 2.45) is 0 Å². The highest BCUT2D eigenvalue weighted by Gasteiger charge is 2.20. The lowest BCUT2D eigenvalue weighted by atomic mass is 10.2. The Morgan fingerprint density at radius 1 is 1.20 bits per heavy atom. The molecule has 0 fully saturated rings. The van der Waals surface area contributed by atoms with Crippen LogP contribution in [0.2, 0.25) is 0 Å². The molecule has 110 valence electrons. The van der Waals surface area contributed by atoms with E-state index in [4.69, 9.17) is 19.9 Å². The second kappa shape index (κ2) is 7.37. The minimum Gasteiger partial charge on any atom is -0.478 e. The maximum Gasteiger partial charge on any atom is 0.347 e. The Hall–Kier alpha value is -2.24. The molecule has 6 heteroatoms. The largest absolute Gasteiger partial charge is 0.478 e. The van der Waals surface area contributed by atoms with E-state index in [-0.39, 0.29) is 24.5 Å². The van der Waals surface area contributed by atoms with Crippen molar-refractivity contribution in [3.05, 3.63) is 23.8 Å². The molecule has 0 aromatic heterocycles. The van der Waals surface area contributed by atoms with Crippen LogP contribution in [-0.4, -0.2) is 31.3 Å². The van der Waals surface area contributed by atoms with Gasteiger partial charge in [0.2, 0.25) is 0 Å². The number of carbonyl (C=O) groups excluding carboxylic acids is 2. The Kier molecular flexibility index (Phi) is 5.83. The van der Waals surface area contributed by atoms with Crippen LogP contribution < -0.4 is 10.5 Å². The molecular formula is C14H19NO5. The highest BCUT2D eigenvalue weighted by Crippen LogP contribution is 2.24. The van der Waals surface area contributed by atoms with Gasteiger partial charge in [-0.2, -0.15) is 0 Å². The van der Waals surface area contributed by atoms with Gasteiger partial charge in [-0.15, -0.1) is 0 Å². The first-order chi connectivity index (χ1) is 9.49. The van der Waals surface area contributed by atoms with Crippen molar-refractivity contribution in [1.82, 2.24) is 0 Å². The zero-order valence-corrected chi connectivity index (χ0v) is 11.8. The minimum atomic E-state index is -0.843. The summed E-state index contributed by atoms with van der Waals surface area (Å²) >= 11 is 0. The second-order valence-electron chi connectivity index (χ2n) is 3.99. The number of carbonyl (C=O) groups is 2. The summed E-state index contributed by atoms with van der Waals surface area (Å²) in [6.07, 6.45) is -0.843. The fraction of sp³-hybridized carbons (Fsp3) is 0.429. The first kappa shape index (κ1) is 15.8. The maximum atomic E-state index is 11.8. The Morgan fingerprint density at radius 2 is 1.85 bits per heavy atom. The van der Waals surface area contributed by atoms with Gasteiger partial charge in [-0.1, -0.05) is 0 Å². The highest BCUT2D eigenvalue weighted by molar-refractivity contribution is 5.93. The van der Waals surface area contributed by atoms with E-state index in [0.29, 0.717) is 5.69 Å². The first-order valence-electron chi connectivity index (χ1n) is 6.39. The molecular weight excluding hydrogens is 262 g/mol. The van der Waals surface area contributed by atoms with E-state index in [1.54, 1.807) is 19.9 Å². The fourth-order valence-corrected chi connectivity index (χ4v) is 1.51. The topological polar surface area (TPSA) is 87.9 Å². The van der Waals surface area contributed by atoms with Crippen LogP contribution in [0, 0.1) is 0 Å². The molecule has 0 bridgehead atoms. The van der Waals surface area contributed by atoms with Crippen molar-refractivity contribution in [3.63, 3.8) is 0 Å². The minimum absolute atomic E-state index is 0.198. The molecule has 20 heavy (non-hydrogen) atoms. The van der Waals surface area contributed by atoms with Crippen molar-refractivity contribution < 1.29 is 23.8 Å². The number of nitrogens with two attached hydrogens (primary N) is 1. The number of rotatable bonds is 6. The van der Waals surface area contributed by atoms with Crippen LogP contribution >= 0.6 is 0 Å². The van der Waals surface area contributed by atoms with Crippen LogP contribution in [0.3, 0.4) is 0 Å². The van der Waals surface area contributed by atoms with Crippen molar-refractivity contribution >= 4 is 17.6 Å². The van der Waals surface area contributed by atoms with E-state index in [2.05, 4.69) is 0 Å². The summed E-state index contributed by atoms with van der Waals surface area (Å²) < 4.78 is 15.2. The van der Waals surface area contributed by atoms with Crippen LogP contribution in [0.4, 0.5) is 5.69 Å². The van der Waals surface area contributed by atoms with Crippen LogP contribution in [0.1, 0.15) is 31.1 Å². The molecule has 2 N–H and O–H groups in total. The smallest absolute Gasteiger partial charge is 0.347 e. The number of esters is 2. The van der Waals surface area contributed by atoms with Gasteiger partial charge in [0, 0.05) is 11.8 Å². The molecule has 1 unspecified atom stereocenters. The number of benzene rings is 1. The first-order valence-corrected chi connectivity index (χ1v) is 6.39. The van der Waals surface area contributed by atoms with E-state index in [1.165, 1.54) is 19.1 Å². The third-order valence-electron chi connectivity index (χ3n) is 2.42. The van der Waals surface area contributed by atoms with E-state index >= 15 is 0 Å². The molecule has 0 radical (unpaired) electrons. The SMILES string of the molecule is CCOC(=O)c1ccc(N)cc1OC(C)C(=O)OCC. The molecule has 0 aliphatic carbocycles. The van der Waals surface area contributed by atoms with Crippen LogP contribution in [-0.2, 0) is 14.3 Å². The lowest BCUT2D eigenvalue weighted by Gasteiger charge is -2.16.